The second kappa shape index (κ2) is 5.60. The number of rotatable bonds is 4. The second-order valence-electron chi connectivity index (χ2n) is 4.55. The van der Waals surface area contributed by atoms with Gasteiger partial charge in [0.15, 0.2) is 0 Å². The average molecular weight is 237 g/mol. The lowest BCUT2D eigenvalue weighted by Gasteiger charge is -2.15. The smallest absolute Gasteiger partial charge is 0.0954 e. The van der Waals surface area contributed by atoms with Crippen LogP contribution in [0, 0.1) is 6.92 Å². The Hall–Kier alpha value is -0.670. The van der Waals surface area contributed by atoms with Crippen molar-refractivity contribution >= 4 is 11.3 Å². The fraction of sp³-hybridized carbons (Fsp3) is 0.615. The van der Waals surface area contributed by atoms with Crippen LogP contribution in [-0.2, 0) is 6.42 Å². The summed E-state index contributed by atoms with van der Waals surface area (Å²) in [6.07, 6.45) is 8.55. The molecule has 88 valence electrons. The van der Waals surface area contributed by atoms with Gasteiger partial charge >= 0.3 is 0 Å². The first-order valence-corrected chi connectivity index (χ1v) is 6.89. The minimum Gasteiger partial charge on any atom is -0.392 e. The number of thiazole rings is 1. The van der Waals surface area contributed by atoms with Gasteiger partial charge in [-0.3, -0.25) is 0 Å². The van der Waals surface area contributed by atoms with Crippen LogP contribution in [0.4, 0.5) is 0 Å². The van der Waals surface area contributed by atoms with Crippen LogP contribution in [-0.4, -0.2) is 16.2 Å². The van der Waals surface area contributed by atoms with Crippen LogP contribution in [0.1, 0.15) is 42.8 Å². The van der Waals surface area contributed by atoms with Crippen molar-refractivity contribution in [2.75, 3.05) is 0 Å². The van der Waals surface area contributed by atoms with E-state index in [1.807, 2.05) is 12.3 Å². The molecule has 0 fully saturated rings. The molecule has 1 unspecified atom stereocenters. The molecule has 0 aliphatic heterocycles. The molecule has 1 N–H and O–H groups in total. The lowest BCUT2D eigenvalue weighted by molar-refractivity contribution is 0.173. The summed E-state index contributed by atoms with van der Waals surface area (Å²) >= 11 is 1.65. The molecule has 0 aromatic carbocycles. The Morgan fingerprint density at radius 2 is 2.31 bits per heavy atom. The predicted octanol–water partition coefficient (Wildman–Crippen LogP) is 3.25. The number of hydrogen-bond acceptors (Lipinski definition) is 3. The van der Waals surface area contributed by atoms with Crippen molar-refractivity contribution in [3.05, 3.63) is 27.7 Å². The van der Waals surface area contributed by atoms with Gasteiger partial charge in [0.25, 0.3) is 0 Å². The summed E-state index contributed by atoms with van der Waals surface area (Å²) in [7, 11) is 0. The first-order chi connectivity index (χ1) is 7.74. The van der Waals surface area contributed by atoms with Gasteiger partial charge in [0.1, 0.15) is 0 Å². The van der Waals surface area contributed by atoms with E-state index in [1.165, 1.54) is 31.3 Å². The van der Waals surface area contributed by atoms with E-state index in [0.29, 0.717) is 6.42 Å². The molecule has 1 aliphatic carbocycles. The Bertz CT molecular complexity index is 370. The molecule has 1 aromatic rings. The zero-order valence-electron chi connectivity index (χ0n) is 9.78. The number of nitrogens with zero attached hydrogens (tertiary/aromatic N) is 1. The Balaban J connectivity index is 1.83. The molecule has 0 spiro atoms. The molecule has 16 heavy (non-hydrogen) atoms. The molecule has 1 aromatic heterocycles. The highest BCUT2D eigenvalue weighted by Gasteiger charge is 2.12. The van der Waals surface area contributed by atoms with E-state index in [4.69, 9.17) is 0 Å². The van der Waals surface area contributed by atoms with Crippen LogP contribution < -0.4 is 0 Å². The largest absolute Gasteiger partial charge is 0.392 e. The number of allylic oxidation sites excluding steroid dienone is 1. The summed E-state index contributed by atoms with van der Waals surface area (Å²) in [5, 5.41) is 13.1. The maximum absolute atomic E-state index is 9.99. The molecule has 0 saturated heterocycles. The van der Waals surface area contributed by atoms with E-state index in [1.54, 1.807) is 11.3 Å². The number of aromatic nitrogens is 1. The van der Waals surface area contributed by atoms with E-state index in [-0.39, 0.29) is 6.10 Å². The number of aliphatic hydroxyl groups excluding tert-OH is 1. The lowest BCUT2D eigenvalue weighted by Crippen LogP contribution is -2.12. The van der Waals surface area contributed by atoms with E-state index >= 15 is 0 Å². The topological polar surface area (TPSA) is 33.1 Å². The summed E-state index contributed by atoms with van der Waals surface area (Å²) in [5.74, 6) is 0. The number of aryl methyl sites for hydroxylation is 1. The summed E-state index contributed by atoms with van der Waals surface area (Å²) in [4.78, 5) is 4.38. The second-order valence-corrected chi connectivity index (χ2v) is 5.50. The SMILES string of the molecule is Cc1csc(CC(O)CC2=CCCCC2)n1. The monoisotopic (exact) mass is 237 g/mol. The highest BCUT2D eigenvalue weighted by atomic mass is 32.1. The van der Waals surface area contributed by atoms with Gasteiger partial charge in [-0.15, -0.1) is 11.3 Å². The molecule has 1 atom stereocenters. The van der Waals surface area contributed by atoms with Gasteiger partial charge in [-0.1, -0.05) is 11.6 Å². The van der Waals surface area contributed by atoms with Crippen molar-refractivity contribution in [1.82, 2.24) is 4.98 Å². The molecule has 3 heteroatoms. The minimum atomic E-state index is -0.255. The Labute approximate surface area is 101 Å². The van der Waals surface area contributed by atoms with Crippen molar-refractivity contribution in [3.8, 4) is 0 Å². The summed E-state index contributed by atoms with van der Waals surface area (Å²) in [5.41, 5.74) is 2.50. The van der Waals surface area contributed by atoms with E-state index < -0.39 is 0 Å². The molecule has 0 saturated carbocycles. The Morgan fingerprint density at radius 1 is 1.44 bits per heavy atom. The van der Waals surface area contributed by atoms with Gasteiger partial charge in [0.2, 0.25) is 0 Å². The Morgan fingerprint density at radius 3 is 2.94 bits per heavy atom. The third kappa shape index (κ3) is 3.42. The van der Waals surface area contributed by atoms with Crippen molar-refractivity contribution < 1.29 is 5.11 Å². The average Bonchev–Trinajstić information content (AvgIpc) is 2.65. The van der Waals surface area contributed by atoms with Crippen LogP contribution >= 0.6 is 11.3 Å². The van der Waals surface area contributed by atoms with Crippen LogP contribution in [0.15, 0.2) is 17.0 Å². The lowest BCUT2D eigenvalue weighted by atomic mass is 9.94. The molecule has 0 bridgehead atoms. The first-order valence-electron chi connectivity index (χ1n) is 6.01. The summed E-state index contributed by atoms with van der Waals surface area (Å²) < 4.78 is 0. The summed E-state index contributed by atoms with van der Waals surface area (Å²) in [6, 6.07) is 0. The predicted molar refractivity (Wildman–Crippen MR) is 67.7 cm³/mol. The van der Waals surface area contributed by atoms with Crippen LogP contribution in [0.5, 0.6) is 0 Å². The maximum atomic E-state index is 9.99. The van der Waals surface area contributed by atoms with E-state index in [2.05, 4.69) is 11.1 Å². The van der Waals surface area contributed by atoms with Gasteiger partial charge < -0.3 is 5.11 Å². The zero-order valence-corrected chi connectivity index (χ0v) is 10.6. The number of aliphatic hydroxyl groups is 1. The molecule has 2 rings (SSSR count). The van der Waals surface area contributed by atoms with E-state index in [9.17, 15) is 5.11 Å². The standard InChI is InChI=1S/C13H19NOS/c1-10-9-16-13(14-10)8-12(15)7-11-5-3-2-4-6-11/h5,9,12,15H,2-4,6-8H2,1H3. The van der Waals surface area contributed by atoms with Crippen LogP contribution in [0.3, 0.4) is 0 Å². The molecule has 0 amide bonds. The highest BCUT2D eigenvalue weighted by molar-refractivity contribution is 7.09. The van der Waals surface area contributed by atoms with Crippen molar-refractivity contribution in [1.29, 1.82) is 0 Å². The molecular formula is C13H19NOS. The Kier molecular flexibility index (Phi) is 4.13. The van der Waals surface area contributed by atoms with Crippen molar-refractivity contribution in [3.63, 3.8) is 0 Å². The molecular weight excluding hydrogens is 218 g/mol. The van der Waals surface area contributed by atoms with Crippen molar-refractivity contribution in [2.24, 2.45) is 0 Å². The van der Waals surface area contributed by atoms with Crippen LogP contribution in [0.25, 0.3) is 0 Å². The molecule has 1 aliphatic rings. The fourth-order valence-electron chi connectivity index (χ4n) is 2.16. The van der Waals surface area contributed by atoms with Gasteiger partial charge in [0.05, 0.1) is 11.1 Å². The molecule has 0 radical (unpaired) electrons. The van der Waals surface area contributed by atoms with Gasteiger partial charge in [-0.05, 0) is 39.0 Å². The normalized spacial score (nSPS) is 18.2. The van der Waals surface area contributed by atoms with Crippen molar-refractivity contribution in [2.45, 2.75) is 51.6 Å². The molecule has 1 heterocycles. The van der Waals surface area contributed by atoms with Gasteiger partial charge in [0, 0.05) is 17.5 Å². The zero-order chi connectivity index (χ0) is 11.4. The maximum Gasteiger partial charge on any atom is 0.0954 e. The highest BCUT2D eigenvalue weighted by Crippen LogP contribution is 2.23. The van der Waals surface area contributed by atoms with Gasteiger partial charge in [-0.2, -0.15) is 0 Å². The minimum absolute atomic E-state index is 0.255. The van der Waals surface area contributed by atoms with Gasteiger partial charge in [-0.25, -0.2) is 4.98 Å². The fourth-order valence-corrected chi connectivity index (χ4v) is 3.01. The molecule has 2 nitrogen and oxygen atoms in total. The third-order valence-corrected chi connectivity index (χ3v) is 3.95. The quantitative estimate of drug-likeness (QED) is 0.815. The van der Waals surface area contributed by atoms with E-state index in [0.717, 1.165) is 17.1 Å². The number of hydrogen-bond donors (Lipinski definition) is 1. The first kappa shape index (κ1) is 11.8. The third-order valence-electron chi connectivity index (χ3n) is 2.96. The van der Waals surface area contributed by atoms with Crippen LogP contribution in [0.2, 0.25) is 0 Å². The summed E-state index contributed by atoms with van der Waals surface area (Å²) in [6.45, 7) is 2.00.